The number of nitrogens with one attached hydrogen (secondary N) is 1. The lowest BCUT2D eigenvalue weighted by molar-refractivity contribution is 0.159. The quantitative estimate of drug-likeness (QED) is 0.777. The van der Waals surface area contributed by atoms with E-state index < -0.39 is 0 Å². The largest absolute Gasteiger partial charge is 0.472 e. The van der Waals surface area contributed by atoms with Gasteiger partial charge in [0.15, 0.2) is 0 Å². The van der Waals surface area contributed by atoms with Crippen LogP contribution < -0.4 is 4.74 Å². The number of aromatic nitrogens is 4. The van der Waals surface area contributed by atoms with Crippen LogP contribution in [-0.2, 0) is 13.0 Å². The lowest BCUT2D eigenvalue weighted by Gasteiger charge is -2.19. The standard InChI is InChI=1S/C18H20ClN5O/c1-10-14-7-13(25-18(14)21-11(2)20-10)8-24(3)9-17-22-15-5-4-12(19)6-16(15)23-17/h4-6,13H,7-9H2,1-3H3,(H,22,23)/t13-/m0/s1. The molecule has 7 heteroatoms. The minimum Gasteiger partial charge on any atom is -0.472 e. The number of benzene rings is 1. The SMILES string of the molecule is Cc1nc(C)c2c(n1)O[C@H](CN(C)Cc1nc3ccc(Cl)cc3[nH]1)C2. The number of likely N-dealkylation sites (N-methyl/N-ethyl adjacent to an activating group) is 1. The highest BCUT2D eigenvalue weighted by molar-refractivity contribution is 6.31. The van der Waals surface area contributed by atoms with Crippen LogP contribution in [0.4, 0.5) is 0 Å². The van der Waals surface area contributed by atoms with Crippen LogP contribution in [0.2, 0.25) is 5.02 Å². The molecule has 0 unspecified atom stereocenters. The van der Waals surface area contributed by atoms with Gasteiger partial charge in [-0.1, -0.05) is 11.6 Å². The number of ether oxygens (including phenoxy) is 1. The second-order valence-electron chi connectivity index (χ2n) is 6.63. The number of rotatable bonds is 4. The summed E-state index contributed by atoms with van der Waals surface area (Å²) in [5.41, 5.74) is 4.03. The summed E-state index contributed by atoms with van der Waals surface area (Å²) in [7, 11) is 2.07. The summed E-state index contributed by atoms with van der Waals surface area (Å²) >= 11 is 6.03. The van der Waals surface area contributed by atoms with Gasteiger partial charge in [-0.15, -0.1) is 0 Å². The molecule has 1 aromatic carbocycles. The van der Waals surface area contributed by atoms with Crippen molar-refractivity contribution < 1.29 is 4.74 Å². The van der Waals surface area contributed by atoms with Crippen LogP contribution in [0.1, 0.15) is 22.9 Å². The smallest absolute Gasteiger partial charge is 0.220 e. The van der Waals surface area contributed by atoms with Gasteiger partial charge in [0, 0.05) is 29.2 Å². The molecule has 25 heavy (non-hydrogen) atoms. The van der Waals surface area contributed by atoms with Gasteiger partial charge >= 0.3 is 0 Å². The van der Waals surface area contributed by atoms with E-state index in [2.05, 4.69) is 31.9 Å². The first-order valence-electron chi connectivity index (χ1n) is 8.31. The van der Waals surface area contributed by atoms with Gasteiger partial charge in [-0.2, -0.15) is 4.98 Å². The molecule has 0 bridgehead atoms. The summed E-state index contributed by atoms with van der Waals surface area (Å²) in [5, 5.41) is 0.708. The number of H-pyrrole nitrogens is 1. The summed E-state index contributed by atoms with van der Waals surface area (Å²) in [5.74, 6) is 2.41. The number of aromatic amines is 1. The fraction of sp³-hybridized carbons (Fsp3) is 0.389. The number of halogens is 1. The normalized spacial score (nSPS) is 16.4. The van der Waals surface area contributed by atoms with Crippen molar-refractivity contribution in [1.82, 2.24) is 24.8 Å². The molecular weight excluding hydrogens is 338 g/mol. The van der Waals surface area contributed by atoms with E-state index >= 15 is 0 Å². The van der Waals surface area contributed by atoms with Crippen molar-refractivity contribution in [2.45, 2.75) is 32.9 Å². The number of nitrogens with zero attached hydrogens (tertiary/aromatic N) is 4. The van der Waals surface area contributed by atoms with Crippen LogP contribution in [0.25, 0.3) is 11.0 Å². The maximum Gasteiger partial charge on any atom is 0.220 e. The van der Waals surface area contributed by atoms with Crippen molar-refractivity contribution in [2.75, 3.05) is 13.6 Å². The third-order valence-electron chi connectivity index (χ3n) is 4.43. The van der Waals surface area contributed by atoms with Gasteiger partial charge in [-0.25, -0.2) is 9.97 Å². The Balaban J connectivity index is 1.42. The lowest BCUT2D eigenvalue weighted by Crippen LogP contribution is -2.32. The van der Waals surface area contributed by atoms with Crippen molar-refractivity contribution in [3.63, 3.8) is 0 Å². The summed E-state index contributed by atoms with van der Waals surface area (Å²) < 4.78 is 6.01. The van der Waals surface area contributed by atoms with E-state index in [-0.39, 0.29) is 6.10 Å². The third-order valence-corrected chi connectivity index (χ3v) is 4.66. The molecule has 6 nitrogen and oxygen atoms in total. The summed E-state index contributed by atoms with van der Waals surface area (Å²) in [6.07, 6.45) is 0.940. The first-order chi connectivity index (χ1) is 12.0. The number of hydrogen-bond acceptors (Lipinski definition) is 5. The Labute approximate surface area is 151 Å². The molecule has 4 rings (SSSR count). The zero-order valence-corrected chi connectivity index (χ0v) is 15.3. The van der Waals surface area contributed by atoms with Crippen LogP contribution in [0.5, 0.6) is 5.88 Å². The highest BCUT2D eigenvalue weighted by atomic mass is 35.5. The molecule has 0 amide bonds. The average molecular weight is 358 g/mol. The van der Waals surface area contributed by atoms with Gasteiger partial charge in [0.1, 0.15) is 17.8 Å². The molecule has 0 spiro atoms. The van der Waals surface area contributed by atoms with E-state index in [1.807, 2.05) is 32.0 Å². The molecular formula is C18H20ClN5O. The van der Waals surface area contributed by atoms with Crippen LogP contribution in [0.15, 0.2) is 18.2 Å². The van der Waals surface area contributed by atoms with E-state index in [1.165, 1.54) is 0 Å². The number of aryl methyl sites for hydroxylation is 2. The first kappa shape index (κ1) is 16.3. The summed E-state index contributed by atoms with van der Waals surface area (Å²) in [6.45, 7) is 5.42. The van der Waals surface area contributed by atoms with Gasteiger partial charge in [-0.05, 0) is 39.1 Å². The lowest BCUT2D eigenvalue weighted by atomic mass is 10.1. The summed E-state index contributed by atoms with van der Waals surface area (Å²) in [4.78, 5) is 19.0. The topological polar surface area (TPSA) is 66.9 Å². The number of imidazole rings is 1. The monoisotopic (exact) mass is 357 g/mol. The van der Waals surface area contributed by atoms with Crippen molar-refractivity contribution in [2.24, 2.45) is 0 Å². The van der Waals surface area contributed by atoms with E-state index in [0.717, 1.165) is 52.8 Å². The third kappa shape index (κ3) is 3.32. The first-order valence-corrected chi connectivity index (χ1v) is 8.69. The highest BCUT2D eigenvalue weighted by Crippen LogP contribution is 2.29. The zero-order chi connectivity index (χ0) is 17.6. The van der Waals surface area contributed by atoms with E-state index in [0.29, 0.717) is 11.6 Å². The Morgan fingerprint density at radius 1 is 1.28 bits per heavy atom. The van der Waals surface area contributed by atoms with Gasteiger partial charge in [0.2, 0.25) is 5.88 Å². The Hall–Kier alpha value is -2.18. The number of fused-ring (bicyclic) bond motifs is 2. The summed E-state index contributed by atoms with van der Waals surface area (Å²) in [6, 6.07) is 5.68. The minimum atomic E-state index is 0.0913. The molecule has 1 atom stereocenters. The van der Waals surface area contributed by atoms with Crippen molar-refractivity contribution in [3.05, 3.63) is 46.1 Å². The van der Waals surface area contributed by atoms with Crippen molar-refractivity contribution in [1.29, 1.82) is 0 Å². The molecule has 3 heterocycles. The molecule has 2 aromatic heterocycles. The predicted molar refractivity (Wildman–Crippen MR) is 97.1 cm³/mol. The van der Waals surface area contributed by atoms with Gasteiger partial charge < -0.3 is 9.72 Å². The maximum atomic E-state index is 6.03. The molecule has 0 aliphatic carbocycles. The fourth-order valence-corrected chi connectivity index (χ4v) is 3.52. The second kappa shape index (κ2) is 6.28. The second-order valence-corrected chi connectivity index (χ2v) is 7.06. The molecule has 130 valence electrons. The maximum absolute atomic E-state index is 6.03. The van der Waals surface area contributed by atoms with Gasteiger partial charge in [0.05, 0.1) is 17.6 Å². The van der Waals surface area contributed by atoms with Crippen LogP contribution >= 0.6 is 11.6 Å². The molecule has 0 saturated carbocycles. The highest BCUT2D eigenvalue weighted by Gasteiger charge is 2.27. The van der Waals surface area contributed by atoms with Crippen molar-refractivity contribution >= 4 is 22.6 Å². The Bertz CT molecular complexity index is 939. The molecule has 0 saturated heterocycles. The van der Waals surface area contributed by atoms with Crippen LogP contribution in [0, 0.1) is 13.8 Å². The molecule has 1 N–H and O–H groups in total. The minimum absolute atomic E-state index is 0.0913. The van der Waals surface area contributed by atoms with Crippen LogP contribution in [-0.4, -0.2) is 44.5 Å². The Kier molecular flexibility index (Phi) is 4.09. The van der Waals surface area contributed by atoms with E-state index in [1.54, 1.807) is 0 Å². The Morgan fingerprint density at radius 3 is 2.96 bits per heavy atom. The molecule has 1 aliphatic rings. The van der Waals surface area contributed by atoms with E-state index in [9.17, 15) is 0 Å². The van der Waals surface area contributed by atoms with E-state index in [4.69, 9.17) is 16.3 Å². The molecule has 0 radical (unpaired) electrons. The predicted octanol–water partition coefficient (Wildman–Crippen LogP) is 3.06. The fourth-order valence-electron chi connectivity index (χ4n) is 3.34. The zero-order valence-electron chi connectivity index (χ0n) is 14.5. The van der Waals surface area contributed by atoms with Gasteiger partial charge in [-0.3, -0.25) is 4.90 Å². The Morgan fingerprint density at radius 2 is 2.12 bits per heavy atom. The molecule has 3 aromatic rings. The molecule has 1 aliphatic heterocycles. The molecule has 0 fully saturated rings. The van der Waals surface area contributed by atoms with Gasteiger partial charge in [0.25, 0.3) is 0 Å². The van der Waals surface area contributed by atoms with Crippen LogP contribution in [0.3, 0.4) is 0 Å². The van der Waals surface area contributed by atoms with Crippen molar-refractivity contribution in [3.8, 4) is 5.88 Å². The number of hydrogen-bond donors (Lipinski definition) is 1. The average Bonchev–Trinajstić information content (AvgIpc) is 3.09.